The summed E-state index contributed by atoms with van der Waals surface area (Å²) in [5.74, 6) is 0.545. The molecule has 1 aliphatic rings. The number of halogens is 1. The summed E-state index contributed by atoms with van der Waals surface area (Å²) >= 11 is 12.6. The van der Waals surface area contributed by atoms with Crippen LogP contribution in [-0.4, -0.2) is 27.7 Å². The maximum atomic E-state index is 12.3. The minimum Gasteiger partial charge on any atom is -0.497 e. The number of carbonyl (C=O) groups is 1. The average Bonchev–Trinajstić information content (AvgIpc) is 3.44. The number of nitrogens with one attached hydrogen (secondary N) is 2. The number of anilines is 2. The highest BCUT2D eigenvalue weighted by molar-refractivity contribution is 7.80. The molecule has 206 valence electrons. The molecule has 0 bridgehead atoms. The number of thiocarbonyl (C=S) groups is 1. The van der Waals surface area contributed by atoms with Crippen LogP contribution in [0, 0.1) is 19.8 Å². The Hall–Kier alpha value is -3.88. The van der Waals surface area contributed by atoms with Crippen molar-refractivity contribution in [3.63, 3.8) is 0 Å². The first kappa shape index (κ1) is 27.7. The highest BCUT2D eigenvalue weighted by atomic mass is 35.5. The molecule has 0 saturated carbocycles. The van der Waals surface area contributed by atoms with Gasteiger partial charge in [-0.2, -0.15) is 0 Å². The van der Waals surface area contributed by atoms with Crippen molar-refractivity contribution in [3.05, 3.63) is 101 Å². The zero-order chi connectivity index (χ0) is 28.6. The summed E-state index contributed by atoms with van der Waals surface area (Å²) in [6, 6.07) is 21.3. The van der Waals surface area contributed by atoms with Crippen LogP contribution in [0.5, 0.6) is 5.75 Å². The number of rotatable bonds is 7. The molecule has 5 rings (SSSR count). The fourth-order valence-corrected chi connectivity index (χ4v) is 5.78. The summed E-state index contributed by atoms with van der Waals surface area (Å²) in [4.78, 5) is 19.1. The number of aromatic nitrogens is 2. The van der Waals surface area contributed by atoms with E-state index in [1.165, 1.54) is 0 Å². The number of pyridine rings is 1. The van der Waals surface area contributed by atoms with Gasteiger partial charge in [0.25, 0.3) is 0 Å². The molecular weight excluding hydrogens is 542 g/mol. The number of benzene rings is 2. The van der Waals surface area contributed by atoms with Crippen LogP contribution in [0.1, 0.15) is 48.6 Å². The van der Waals surface area contributed by atoms with E-state index in [0.29, 0.717) is 15.8 Å². The van der Waals surface area contributed by atoms with Crippen LogP contribution in [0.3, 0.4) is 0 Å². The second-order valence-corrected chi connectivity index (χ2v) is 11.0. The van der Waals surface area contributed by atoms with E-state index in [-0.39, 0.29) is 23.9 Å². The maximum absolute atomic E-state index is 12.3. The number of hydrogen-bond acceptors (Lipinski definition) is 4. The molecule has 3 heterocycles. The van der Waals surface area contributed by atoms with Gasteiger partial charge in [-0.25, -0.2) is 0 Å². The van der Waals surface area contributed by atoms with Crippen LogP contribution >= 0.6 is 23.8 Å². The highest BCUT2D eigenvalue weighted by Gasteiger charge is 2.42. The number of aryl methyl sites for hydroxylation is 1. The van der Waals surface area contributed by atoms with E-state index >= 15 is 0 Å². The minimum atomic E-state index is -0.208. The quantitative estimate of drug-likeness (QED) is 0.234. The molecule has 4 aromatic rings. The summed E-state index contributed by atoms with van der Waals surface area (Å²) in [6.07, 6.45) is 1.79. The lowest BCUT2D eigenvalue weighted by Crippen LogP contribution is -2.29. The molecule has 2 N–H and O–H groups in total. The van der Waals surface area contributed by atoms with Gasteiger partial charge in [0.05, 0.1) is 35.6 Å². The first-order chi connectivity index (χ1) is 19.2. The molecule has 0 unspecified atom stereocenters. The molecule has 1 saturated heterocycles. The second-order valence-electron chi connectivity index (χ2n) is 10.2. The number of carbonyl (C=O) groups excluding carboxylic acids is 1. The van der Waals surface area contributed by atoms with E-state index in [1.807, 2.05) is 68.4 Å². The fraction of sp³-hybridized carbons (Fsp3) is 0.258. The molecule has 0 spiro atoms. The van der Waals surface area contributed by atoms with Gasteiger partial charge in [-0.15, -0.1) is 0 Å². The van der Waals surface area contributed by atoms with Crippen LogP contribution in [0.4, 0.5) is 11.4 Å². The summed E-state index contributed by atoms with van der Waals surface area (Å²) < 4.78 is 7.72. The zero-order valence-corrected chi connectivity index (χ0v) is 24.7. The lowest BCUT2D eigenvalue weighted by Gasteiger charge is -2.28. The van der Waals surface area contributed by atoms with Gasteiger partial charge in [0.15, 0.2) is 5.11 Å². The van der Waals surface area contributed by atoms with Gasteiger partial charge in [0.1, 0.15) is 5.75 Å². The number of methoxy groups -OCH3 is 1. The number of hydrogen-bond donors (Lipinski definition) is 2. The molecule has 0 aliphatic carbocycles. The Morgan fingerprint density at radius 2 is 1.88 bits per heavy atom. The summed E-state index contributed by atoms with van der Waals surface area (Å²) in [5, 5.41) is 7.43. The predicted molar refractivity (Wildman–Crippen MR) is 165 cm³/mol. The Kier molecular flexibility index (Phi) is 7.83. The van der Waals surface area contributed by atoms with Gasteiger partial charge in [-0.05, 0) is 80.2 Å². The molecule has 1 fully saturated rings. The van der Waals surface area contributed by atoms with E-state index in [9.17, 15) is 4.79 Å². The Bertz CT molecular complexity index is 1570. The third-order valence-electron chi connectivity index (χ3n) is 7.21. The molecule has 2 aromatic heterocycles. The first-order valence-electron chi connectivity index (χ1n) is 13.1. The van der Waals surface area contributed by atoms with Crippen LogP contribution in [0.25, 0.3) is 5.69 Å². The molecule has 0 radical (unpaired) electrons. The van der Waals surface area contributed by atoms with E-state index in [0.717, 1.165) is 39.8 Å². The Morgan fingerprint density at radius 1 is 1.07 bits per heavy atom. The molecule has 1 aliphatic heterocycles. The van der Waals surface area contributed by atoms with Gasteiger partial charge in [0.2, 0.25) is 5.91 Å². The van der Waals surface area contributed by atoms with Gasteiger partial charge in [-0.1, -0.05) is 37.6 Å². The van der Waals surface area contributed by atoms with Crippen molar-refractivity contribution in [2.45, 2.75) is 39.8 Å². The Balaban J connectivity index is 1.62. The lowest BCUT2D eigenvalue weighted by molar-refractivity contribution is -0.118. The van der Waals surface area contributed by atoms with Crippen molar-refractivity contribution in [1.82, 2.24) is 14.9 Å². The van der Waals surface area contributed by atoms with Crippen molar-refractivity contribution >= 4 is 46.2 Å². The van der Waals surface area contributed by atoms with Gasteiger partial charge >= 0.3 is 0 Å². The average molecular weight is 574 g/mol. The standard InChI is InChI=1S/C31H32ClN5O2S/c1-18(2)30(38)34-26-13-12-22(17-25(26)32)37-29(28(35-31(37)40)27-11-6-7-14-33-27)24-15-19(3)36(20(24)4)21-9-8-10-23(16-21)39-5/h6-18,28-29H,1-5H3,(H,34,38)(H,35,40)/t28-,29-/m0/s1. The van der Waals surface area contributed by atoms with Crippen molar-refractivity contribution in [2.24, 2.45) is 5.92 Å². The smallest absolute Gasteiger partial charge is 0.226 e. The SMILES string of the molecule is COc1cccc(-n2c(C)cc([C@H]3[C@H](c4ccccn4)NC(=S)N3c3ccc(NC(=O)C(C)C)c(Cl)c3)c2C)c1. The first-order valence-corrected chi connectivity index (χ1v) is 13.9. The zero-order valence-electron chi connectivity index (χ0n) is 23.1. The molecule has 40 heavy (non-hydrogen) atoms. The van der Waals surface area contributed by atoms with Gasteiger partial charge in [0, 0.05) is 40.9 Å². The fourth-order valence-electron chi connectivity index (χ4n) is 5.22. The van der Waals surface area contributed by atoms with Crippen LogP contribution in [0.15, 0.2) is 72.9 Å². The number of ether oxygens (including phenoxy) is 1. The molecule has 2 atom stereocenters. The van der Waals surface area contributed by atoms with Crippen LogP contribution < -0.4 is 20.3 Å². The lowest BCUT2D eigenvalue weighted by atomic mass is 9.96. The van der Waals surface area contributed by atoms with Crippen molar-refractivity contribution in [2.75, 3.05) is 17.3 Å². The largest absolute Gasteiger partial charge is 0.497 e. The van der Waals surface area contributed by atoms with Gasteiger partial charge in [-0.3, -0.25) is 9.78 Å². The third-order valence-corrected chi connectivity index (χ3v) is 7.84. The Labute approximate surface area is 245 Å². The maximum Gasteiger partial charge on any atom is 0.226 e. The minimum absolute atomic E-state index is 0.0916. The summed E-state index contributed by atoms with van der Waals surface area (Å²) in [6.45, 7) is 7.90. The highest BCUT2D eigenvalue weighted by Crippen LogP contribution is 2.44. The Morgan fingerprint density at radius 3 is 2.55 bits per heavy atom. The monoisotopic (exact) mass is 573 g/mol. The third kappa shape index (κ3) is 5.17. The van der Waals surface area contributed by atoms with E-state index in [2.05, 4.69) is 51.1 Å². The second kappa shape index (κ2) is 11.3. The van der Waals surface area contributed by atoms with E-state index < -0.39 is 0 Å². The van der Waals surface area contributed by atoms with Crippen molar-refractivity contribution in [1.29, 1.82) is 0 Å². The molecule has 1 amide bonds. The molecule has 2 aromatic carbocycles. The molecular formula is C31H32ClN5O2S. The normalized spacial score (nSPS) is 16.8. The topological polar surface area (TPSA) is 71.4 Å². The van der Waals surface area contributed by atoms with Crippen LogP contribution in [0.2, 0.25) is 5.02 Å². The van der Waals surface area contributed by atoms with E-state index in [1.54, 1.807) is 13.3 Å². The van der Waals surface area contributed by atoms with E-state index in [4.69, 9.17) is 28.6 Å². The summed E-state index contributed by atoms with van der Waals surface area (Å²) in [5.41, 5.74) is 6.56. The molecule has 9 heteroatoms. The van der Waals surface area contributed by atoms with Crippen molar-refractivity contribution in [3.8, 4) is 11.4 Å². The number of nitrogens with zero attached hydrogens (tertiary/aromatic N) is 3. The summed E-state index contributed by atoms with van der Waals surface area (Å²) in [7, 11) is 1.67. The number of amides is 1. The van der Waals surface area contributed by atoms with Crippen LogP contribution in [-0.2, 0) is 4.79 Å². The van der Waals surface area contributed by atoms with Gasteiger partial charge < -0.3 is 24.8 Å². The van der Waals surface area contributed by atoms with Crippen molar-refractivity contribution < 1.29 is 9.53 Å². The molecule has 7 nitrogen and oxygen atoms in total. The predicted octanol–water partition coefficient (Wildman–Crippen LogP) is 6.92.